The molecule has 0 aliphatic carbocycles. The van der Waals surface area contributed by atoms with Crippen LogP contribution in [0.15, 0.2) is 71.6 Å². The molecule has 39 heavy (non-hydrogen) atoms. The lowest BCUT2D eigenvalue weighted by atomic mass is 10.1. The van der Waals surface area contributed by atoms with Crippen LogP contribution < -0.4 is 19.1 Å². The van der Waals surface area contributed by atoms with Gasteiger partial charge in [-0.15, -0.1) is 0 Å². The van der Waals surface area contributed by atoms with Crippen LogP contribution in [-0.2, 0) is 26.2 Å². The van der Waals surface area contributed by atoms with E-state index >= 15 is 0 Å². The monoisotopic (exact) mass is 593 g/mol. The summed E-state index contributed by atoms with van der Waals surface area (Å²) >= 11 is 12.7. The van der Waals surface area contributed by atoms with Crippen LogP contribution in [0.2, 0.25) is 10.0 Å². The van der Waals surface area contributed by atoms with Crippen LogP contribution in [0.4, 0.5) is 5.69 Å². The van der Waals surface area contributed by atoms with Gasteiger partial charge in [-0.1, -0.05) is 47.5 Å². The minimum absolute atomic E-state index is 0.114. The third-order valence-corrected chi connectivity index (χ3v) is 8.55. The zero-order chi connectivity index (χ0) is 28.7. The van der Waals surface area contributed by atoms with Gasteiger partial charge in [0.1, 0.15) is 12.6 Å². The molecule has 0 radical (unpaired) electrons. The molecule has 0 aromatic heterocycles. The lowest BCUT2D eigenvalue weighted by Crippen LogP contribution is -2.50. The summed E-state index contributed by atoms with van der Waals surface area (Å²) < 4.78 is 39.3. The largest absolute Gasteiger partial charge is 0.493 e. The van der Waals surface area contributed by atoms with E-state index in [4.69, 9.17) is 32.7 Å². The molecule has 0 unspecified atom stereocenters. The van der Waals surface area contributed by atoms with Crippen molar-refractivity contribution in [2.45, 2.75) is 24.4 Å². The van der Waals surface area contributed by atoms with Gasteiger partial charge in [0.2, 0.25) is 11.8 Å². The quantitative estimate of drug-likeness (QED) is 0.354. The van der Waals surface area contributed by atoms with Crippen molar-refractivity contribution < 1.29 is 27.5 Å². The van der Waals surface area contributed by atoms with Crippen LogP contribution in [0.25, 0.3) is 0 Å². The normalized spacial score (nSPS) is 11.8. The molecule has 3 aromatic carbocycles. The predicted octanol–water partition coefficient (Wildman–Crippen LogP) is 4.37. The molecule has 0 aliphatic heterocycles. The highest BCUT2D eigenvalue weighted by atomic mass is 35.5. The summed E-state index contributed by atoms with van der Waals surface area (Å²) in [6.07, 6.45) is 0. The summed E-state index contributed by atoms with van der Waals surface area (Å²) in [5, 5.41) is 3.14. The lowest BCUT2D eigenvalue weighted by molar-refractivity contribution is -0.139. The van der Waals surface area contributed by atoms with Crippen LogP contribution in [0.5, 0.6) is 11.5 Å². The molecule has 0 saturated heterocycles. The van der Waals surface area contributed by atoms with Crippen molar-refractivity contribution in [3.63, 3.8) is 0 Å². The standard InChI is InChI=1S/C27H29Cl2N3O6S/c1-18(27(34)30-2)31(16-21-22(28)11-8-12-23(21)29)26(33)17-32(19-9-6-5-7-10-19)39(35,36)20-13-14-24(37-3)25(15-20)38-4/h5-15,18H,16-17H2,1-4H3,(H,30,34)/t18-/m1/s1. The number of anilines is 1. The smallest absolute Gasteiger partial charge is 0.264 e. The number of amides is 2. The van der Waals surface area contributed by atoms with Gasteiger partial charge < -0.3 is 19.7 Å². The van der Waals surface area contributed by atoms with Crippen LogP contribution in [0.3, 0.4) is 0 Å². The molecular formula is C27H29Cl2N3O6S. The second-order valence-corrected chi connectivity index (χ2v) is 11.1. The zero-order valence-electron chi connectivity index (χ0n) is 21.9. The molecule has 0 spiro atoms. The second-order valence-electron chi connectivity index (χ2n) is 8.38. The third-order valence-electron chi connectivity index (χ3n) is 6.07. The van der Waals surface area contributed by atoms with Crippen molar-refractivity contribution in [2.75, 3.05) is 32.1 Å². The number of rotatable bonds is 11. The maximum Gasteiger partial charge on any atom is 0.264 e. The lowest BCUT2D eigenvalue weighted by Gasteiger charge is -2.32. The van der Waals surface area contributed by atoms with Crippen molar-refractivity contribution in [3.8, 4) is 11.5 Å². The number of hydrogen-bond acceptors (Lipinski definition) is 6. The summed E-state index contributed by atoms with van der Waals surface area (Å²) in [4.78, 5) is 27.5. The van der Waals surface area contributed by atoms with Gasteiger partial charge in [0, 0.05) is 35.3 Å². The number of carbonyl (C=O) groups is 2. The Morgan fingerprint density at radius 2 is 1.54 bits per heavy atom. The fourth-order valence-electron chi connectivity index (χ4n) is 3.87. The van der Waals surface area contributed by atoms with E-state index in [1.807, 2.05) is 0 Å². The van der Waals surface area contributed by atoms with Gasteiger partial charge in [-0.05, 0) is 43.3 Å². The van der Waals surface area contributed by atoms with E-state index in [0.29, 0.717) is 21.4 Å². The van der Waals surface area contributed by atoms with Crippen LogP contribution >= 0.6 is 23.2 Å². The summed E-state index contributed by atoms with van der Waals surface area (Å²) in [5.74, 6) is -0.530. The van der Waals surface area contributed by atoms with Gasteiger partial charge in [0.15, 0.2) is 11.5 Å². The Balaban J connectivity index is 2.08. The minimum atomic E-state index is -4.28. The maximum atomic E-state index is 13.9. The first-order chi connectivity index (χ1) is 18.5. The zero-order valence-corrected chi connectivity index (χ0v) is 24.2. The number of hydrogen-bond donors (Lipinski definition) is 1. The number of methoxy groups -OCH3 is 2. The molecule has 0 heterocycles. The van der Waals surface area contributed by atoms with Crippen LogP contribution in [-0.4, -0.2) is 59.0 Å². The molecule has 0 aliphatic rings. The van der Waals surface area contributed by atoms with Crippen LogP contribution in [0.1, 0.15) is 12.5 Å². The van der Waals surface area contributed by atoms with Crippen molar-refractivity contribution in [2.24, 2.45) is 0 Å². The first kappa shape index (κ1) is 30.1. The van der Waals surface area contributed by atoms with E-state index in [2.05, 4.69) is 5.32 Å². The van der Waals surface area contributed by atoms with Gasteiger partial charge in [-0.3, -0.25) is 13.9 Å². The molecule has 0 bridgehead atoms. The van der Waals surface area contributed by atoms with E-state index in [9.17, 15) is 18.0 Å². The third kappa shape index (κ3) is 6.76. The Hall–Kier alpha value is -3.47. The summed E-state index contributed by atoms with van der Waals surface area (Å²) in [7, 11) is -0.00480. The minimum Gasteiger partial charge on any atom is -0.493 e. The van der Waals surface area contributed by atoms with Crippen molar-refractivity contribution in [3.05, 3.63) is 82.3 Å². The number of likely N-dealkylation sites (N-methyl/N-ethyl adjacent to an activating group) is 1. The SMILES string of the molecule is CNC(=O)[C@@H](C)N(Cc1c(Cl)cccc1Cl)C(=O)CN(c1ccccc1)S(=O)(=O)c1ccc(OC)c(OC)c1. The Bertz CT molecular complexity index is 1420. The molecule has 12 heteroatoms. The fraction of sp³-hybridized carbons (Fsp3) is 0.259. The highest BCUT2D eigenvalue weighted by Crippen LogP contribution is 2.33. The van der Waals surface area contributed by atoms with E-state index < -0.39 is 34.4 Å². The van der Waals surface area contributed by atoms with E-state index in [1.165, 1.54) is 51.3 Å². The van der Waals surface area contributed by atoms with E-state index in [0.717, 1.165) is 4.31 Å². The molecule has 1 atom stereocenters. The first-order valence-corrected chi connectivity index (χ1v) is 14.0. The number of sulfonamides is 1. The van der Waals surface area contributed by atoms with Gasteiger partial charge >= 0.3 is 0 Å². The Morgan fingerprint density at radius 3 is 2.10 bits per heavy atom. The summed E-state index contributed by atoms with van der Waals surface area (Å²) in [6, 6.07) is 16.3. The molecule has 9 nitrogen and oxygen atoms in total. The molecule has 3 aromatic rings. The molecule has 3 rings (SSSR count). The first-order valence-electron chi connectivity index (χ1n) is 11.8. The van der Waals surface area contributed by atoms with Crippen molar-refractivity contribution >= 4 is 50.7 Å². The average Bonchev–Trinajstić information content (AvgIpc) is 2.94. The van der Waals surface area contributed by atoms with Gasteiger partial charge in [0.25, 0.3) is 10.0 Å². The number of para-hydroxylation sites is 1. The van der Waals surface area contributed by atoms with Crippen molar-refractivity contribution in [1.29, 1.82) is 0 Å². The number of nitrogens with zero attached hydrogens (tertiary/aromatic N) is 2. The van der Waals surface area contributed by atoms with E-state index in [-0.39, 0.29) is 22.9 Å². The number of benzene rings is 3. The number of nitrogens with one attached hydrogen (secondary N) is 1. The molecule has 208 valence electrons. The highest BCUT2D eigenvalue weighted by molar-refractivity contribution is 7.92. The van der Waals surface area contributed by atoms with Gasteiger partial charge in [0.05, 0.1) is 24.8 Å². The second kappa shape index (κ2) is 13.1. The summed E-state index contributed by atoms with van der Waals surface area (Å²) in [6.45, 7) is 0.812. The topological polar surface area (TPSA) is 105 Å². The van der Waals surface area contributed by atoms with Gasteiger partial charge in [-0.25, -0.2) is 8.42 Å². The Labute approximate surface area is 238 Å². The molecular weight excluding hydrogens is 565 g/mol. The Kier molecular flexibility index (Phi) is 10.1. The fourth-order valence-corrected chi connectivity index (χ4v) is 5.82. The highest BCUT2D eigenvalue weighted by Gasteiger charge is 2.33. The molecule has 0 fully saturated rings. The Morgan fingerprint density at radius 1 is 0.923 bits per heavy atom. The van der Waals surface area contributed by atoms with E-state index in [1.54, 1.807) is 48.5 Å². The average molecular weight is 595 g/mol. The van der Waals surface area contributed by atoms with Crippen molar-refractivity contribution in [1.82, 2.24) is 10.2 Å². The maximum absolute atomic E-state index is 13.9. The predicted molar refractivity (Wildman–Crippen MR) is 151 cm³/mol. The number of ether oxygens (including phenoxy) is 2. The van der Waals surface area contributed by atoms with Gasteiger partial charge in [-0.2, -0.15) is 0 Å². The molecule has 1 N–H and O–H groups in total. The van der Waals surface area contributed by atoms with Crippen LogP contribution in [0, 0.1) is 0 Å². The molecule has 2 amide bonds. The number of halogens is 2. The number of carbonyl (C=O) groups excluding carboxylic acids is 2. The summed E-state index contributed by atoms with van der Waals surface area (Å²) in [5.41, 5.74) is 0.683. The molecule has 0 saturated carbocycles.